The number of para-hydroxylation sites is 1. The molecule has 0 saturated heterocycles. The minimum absolute atomic E-state index is 0.154. The van der Waals surface area contributed by atoms with Crippen molar-refractivity contribution in [1.82, 2.24) is 0 Å². The maximum absolute atomic E-state index is 13.2. The van der Waals surface area contributed by atoms with Crippen LogP contribution in [0.1, 0.15) is 0 Å². The Morgan fingerprint density at radius 1 is 0.471 bits per heavy atom. The number of carbonyl (C=O) groups is 2. The predicted molar refractivity (Wildman–Crippen MR) is 141 cm³/mol. The molecule has 0 atom stereocenters. The van der Waals surface area contributed by atoms with E-state index in [1.54, 1.807) is 47.8 Å². The first-order chi connectivity index (χ1) is 16.4. The lowest BCUT2D eigenvalue weighted by molar-refractivity contribution is 0.253. The van der Waals surface area contributed by atoms with Crippen LogP contribution in [-0.2, 0) is 0 Å². The van der Waals surface area contributed by atoms with Crippen LogP contribution in [-0.4, -0.2) is 40.3 Å². The molecule has 4 aromatic rings. The van der Waals surface area contributed by atoms with Crippen molar-refractivity contribution in [3.8, 4) is 0 Å². The van der Waals surface area contributed by atoms with E-state index in [1.165, 1.54) is 0 Å². The van der Waals surface area contributed by atoms with E-state index in [4.69, 9.17) is 0 Å². The lowest BCUT2D eigenvalue weighted by Gasteiger charge is -2.27. The van der Waals surface area contributed by atoms with Gasteiger partial charge < -0.3 is 0 Å². The Morgan fingerprint density at radius 2 is 0.912 bits per heavy atom. The van der Waals surface area contributed by atoms with Gasteiger partial charge in [0, 0.05) is 50.6 Å². The molecule has 0 aliphatic carbocycles. The molecule has 0 unspecified atom stereocenters. The zero-order valence-corrected chi connectivity index (χ0v) is 19.8. The maximum atomic E-state index is 13.2. The van der Waals surface area contributed by atoms with Crippen LogP contribution in [0.3, 0.4) is 0 Å². The fourth-order valence-electron chi connectivity index (χ4n) is 3.94. The Labute approximate surface area is 200 Å². The van der Waals surface area contributed by atoms with E-state index >= 15 is 0 Å². The second-order valence-electron chi connectivity index (χ2n) is 8.15. The van der Waals surface area contributed by atoms with Crippen molar-refractivity contribution in [3.63, 3.8) is 0 Å². The number of carbonyl (C=O) groups excluding carboxylic acids is 2. The molecule has 0 fully saturated rings. The van der Waals surface area contributed by atoms with Crippen molar-refractivity contribution in [2.24, 2.45) is 0 Å². The number of urea groups is 2. The molecule has 4 amide bonds. The highest BCUT2D eigenvalue weighted by Gasteiger charge is 2.20. The van der Waals surface area contributed by atoms with Gasteiger partial charge in [-0.3, -0.25) is 19.6 Å². The lowest BCUT2D eigenvalue weighted by atomic mass is 10.1. The van der Waals surface area contributed by atoms with Gasteiger partial charge in [0.05, 0.1) is 5.69 Å². The third kappa shape index (κ3) is 4.43. The molecule has 172 valence electrons. The van der Waals surface area contributed by atoms with Gasteiger partial charge in [-0.1, -0.05) is 54.6 Å². The standard InChI is InChI=1S/C28H28N4O2/c1-29(22-13-6-5-7-14-22)27(33)30(2)23-17-19-24(20-18-23)31(3)28(34)32(4)26-16-10-12-21-11-8-9-15-25(21)26/h5-20H,1-4H3. The Hall–Kier alpha value is -4.32. The number of benzene rings is 4. The largest absolute Gasteiger partial charge is 0.328 e. The van der Waals surface area contributed by atoms with Crippen molar-refractivity contribution >= 4 is 45.6 Å². The highest BCUT2D eigenvalue weighted by atomic mass is 16.2. The highest BCUT2D eigenvalue weighted by molar-refractivity contribution is 6.08. The molecule has 0 N–H and O–H groups in total. The maximum Gasteiger partial charge on any atom is 0.328 e. The molecule has 0 radical (unpaired) electrons. The molecule has 0 heterocycles. The van der Waals surface area contributed by atoms with Crippen LogP contribution < -0.4 is 19.6 Å². The summed E-state index contributed by atoms with van der Waals surface area (Å²) in [5.41, 5.74) is 3.14. The third-order valence-electron chi connectivity index (χ3n) is 6.04. The summed E-state index contributed by atoms with van der Waals surface area (Å²) < 4.78 is 0. The van der Waals surface area contributed by atoms with Crippen molar-refractivity contribution in [1.29, 1.82) is 0 Å². The normalized spacial score (nSPS) is 10.6. The second kappa shape index (κ2) is 9.67. The fraction of sp³-hybridized carbons (Fsp3) is 0.143. The lowest BCUT2D eigenvalue weighted by Crippen LogP contribution is -2.39. The van der Waals surface area contributed by atoms with E-state index in [0.29, 0.717) is 0 Å². The minimum atomic E-state index is -0.155. The topological polar surface area (TPSA) is 47.1 Å². The predicted octanol–water partition coefficient (Wildman–Crippen LogP) is 6.23. The van der Waals surface area contributed by atoms with E-state index in [9.17, 15) is 9.59 Å². The van der Waals surface area contributed by atoms with Gasteiger partial charge in [0.1, 0.15) is 0 Å². The monoisotopic (exact) mass is 452 g/mol. The van der Waals surface area contributed by atoms with Crippen molar-refractivity contribution in [3.05, 3.63) is 97.1 Å². The van der Waals surface area contributed by atoms with E-state index in [2.05, 4.69) is 0 Å². The summed E-state index contributed by atoms with van der Waals surface area (Å²) >= 11 is 0. The molecule has 4 rings (SSSR count). The summed E-state index contributed by atoms with van der Waals surface area (Å²) in [6.07, 6.45) is 0. The smallest absolute Gasteiger partial charge is 0.297 e. The molecule has 0 saturated carbocycles. The second-order valence-corrected chi connectivity index (χ2v) is 8.15. The number of rotatable bonds is 4. The SMILES string of the molecule is CN(C(=O)N(C)c1ccc(N(C)C(=O)N(C)c2cccc3ccccc23)cc1)c1ccccc1. The van der Waals surface area contributed by atoms with E-state index in [-0.39, 0.29) is 12.1 Å². The molecular weight excluding hydrogens is 424 g/mol. The molecule has 4 aromatic carbocycles. The van der Waals surface area contributed by atoms with Gasteiger partial charge in [-0.15, -0.1) is 0 Å². The Kier molecular flexibility index (Phi) is 6.50. The van der Waals surface area contributed by atoms with E-state index in [1.807, 2.05) is 97.1 Å². The van der Waals surface area contributed by atoms with E-state index in [0.717, 1.165) is 33.5 Å². The number of amides is 4. The van der Waals surface area contributed by atoms with Crippen LogP contribution in [0.4, 0.5) is 32.3 Å². The summed E-state index contributed by atoms with van der Waals surface area (Å²) in [6.45, 7) is 0. The first-order valence-electron chi connectivity index (χ1n) is 11.0. The summed E-state index contributed by atoms with van der Waals surface area (Å²) in [6, 6.07) is 30.5. The van der Waals surface area contributed by atoms with Crippen molar-refractivity contribution in [2.45, 2.75) is 0 Å². The number of anilines is 4. The molecule has 0 aliphatic heterocycles. The van der Waals surface area contributed by atoms with Crippen LogP contribution in [0.15, 0.2) is 97.1 Å². The third-order valence-corrected chi connectivity index (χ3v) is 6.04. The first kappa shape index (κ1) is 22.9. The van der Waals surface area contributed by atoms with Crippen LogP contribution in [0, 0.1) is 0 Å². The first-order valence-corrected chi connectivity index (χ1v) is 11.0. The molecule has 6 nitrogen and oxygen atoms in total. The molecule has 6 heteroatoms. The van der Waals surface area contributed by atoms with Gasteiger partial charge >= 0.3 is 12.1 Å². The Morgan fingerprint density at radius 3 is 1.50 bits per heavy atom. The number of hydrogen-bond acceptors (Lipinski definition) is 2. The van der Waals surface area contributed by atoms with E-state index < -0.39 is 0 Å². The molecule has 0 bridgehead atoms. The quantitative estimate of drug-likeness (QED) is 0.369. The fourth-order valence-corrected chi connectivity index (χ4v) is 3.94. The molecule has 0 spiro atoms. The Balaban J connectivity index is 1.49. The van der Waals surface area contributed by atoms with Gasteiger partial charge in [-0.25, -0.2) is 9.59 Å². The van der Waals surface area contributed by atoms with Gasteiger partial charge in [0.15, 0.2) is 0 Å². The van der Waals surface area contributed by atoms with Crippen LogP contribution in [0.2, 0.25) is 0 Å². The van der Waals surface area contributed by atoms with Gasteiger partial charge in [0.2, 0.25) is 0 Å². The molecular formula is C28H28N4O2. The Bertz CT molecular complexity index is 1300. The summed E-state index contributed by atoms with van der Waals surface area (Å²) in [5.74, 6) is 0. The van der Waals surface area contributed by atoms with Crippen LogP contribution in [0.5, 0.6) is 0 Å². The van der Waals surface area contributed by atoms with Gasteiger partial charge in [-0.2, -0.15) is 0 Å². The average Bonchev–Trinajstić information content (AvgIpc) is 2.90. The summed E-state index contributed by atoms with van der Waals surface area (Å²) in [7, 11) is 7.01. The van der Waals surface area contributed by atoms with Crippen molar-refractivity contribution < 1.29 is 9.59 Å². The number of nitrogens with zero attached hydrogens (tertiary/aromatic N) is 4. The van der Waals surface area contributed by atoms with Crippen LogP contribution >= 0.6 is 0 Å². The van der Waals surface area contributed by atoms with Gasteiger partial charge in [-0.05, 0) is 47.9 Å². The number of hydrogen-bond donors (Lipinski definition) is 0. The minimum Gasteiger partial charge on any atom is -0.297 e. The summed E-state index contributed by atoms with van der Waals surface area (Å²) in [4.78, 5) is 32.6. The van der Waals surface area contributed by atoms with Crippen LogP contribution in [0.25, 0.3) is 10.8 Å². The van der Waals surface area contributed by atoms with Crippen molar-refractivity contribution in [2.75, 3.05) is 47.8 Å². The zero-order chi connectivity index (χ0) is 24.2. The molecule has 34 heavy (non-hydrogen) atoms. The average molecular weight is 453 g/mol. The highest BCUT2D eigenvalue weighted by Crippen LogP contribution is 2.28. The number of fused-ring (bicyclic) bond motifs is 1. The molecule has 0 aromatic heterocycles. The zero-order valence-electron chi connectivity index (χ0n) is 19.8. The van der Waals surface area contributed by atoms with Gasteiger partial charge in [0.25, 0.3) is 0 Å². The summed E-state index contributed by atoms with van der Waals surface area (Å²) in [5, 5.41) is 2.10. The molecule has 0 aliphatic rings.